The Morgan fingerprint density at radius 1 is 1.03 bits per heavy atom. The first-order valence-corrected chi connectivity index (χ1v) is 13.6. The van der Waals surface area contributed by atoms with Crippen molar-refractivity contribution in [1.82, 2.24) is 24.5 Å². The summed E-state index contributed by atoms with van der Waals surface area (Å²) < 4.78 is 42.4. The van der Waals surface area contributed by atoms with E-state index in [9.17, 15) is 18.1 Å². The van der Waals surface area contributed by atoms with Crippen LogP contribution in [0.2, 0.25) is 0 Å². The zero-order valence-corrected chi connectivity index (χ0v) is 22.0. The van der Waals surface area contributed by atoms with E-state index in [0.717, 1.165) is 11.8 Å². The van der Waals surface area contributed by atoms with Crippen LogP contribution in [0.15, 0.2) is 66.1 Å². The second-order valence-electron chi connectivity index (χ2n) is 10.0. The lowest BCUT2D eigenvalue weighted by atomic mass is 10.0. The molecule has 0 saturated heterocycles. The minimum Gasteiger partial charge on any atom is -0.507 e. The molecule has 3 aromatic heterocycles. The lowest BCUT2D eigenvalue weighted by molar-refractivity contribution is 0.404. The monoisotopic (exact) mass is 546 g/mol. The zero-order chi connectivity index (χ0) is 27.3. The predicted octanol–water partition coefficient (Wildman–Crippen LogP) is 5.05. The van der Waals surface area contributed by atoms with E-state index >= 15 is 0 Å². The van der Waals surface area contributed by atoms with Crippen LogP contribution < -0.4 is 5.32 Å². The van der Waals surface area contributed by atoms with Crippen molar-refractivity contribution >= 4 is 27.8 Å². The van der Waals surface area contributed by atoms with Crippen molar-refractivity contribution in [2.24, 2.45) is 0 Å². The van der Waals surface area contributed by atoms with Crippen LogP contribution in [-0.2, 0) is 22.8 Å². The Balaban J connectivity index is 1.35. The van der Waals surface area contributed by atoms with Gasteiger partial charge in [0.15, 0.2) is 22.8 Å². The molecule has 2 aromatic carbocycles. The minimum atomic E-state index is -1.29. The third-order valence-electron chi connectivity index (χ3n) is 6.64. The van der Waals surface area contributed by atoms with Crippen LogP contribution in [0.4, 0.5) is 14.6 Å². The maximum Gasteiger partial charge on any atom is 0.202 e. The fourth-order valence-electron chi connectivity index (χ4n) is 4.82. The van der Waals surface area contributed by atoms with Crippen LogP contribution in [0.5, 0.6) is 5.75 Å². The molecule has 2 N–H and O–H groups in total. The zero-order valence-electron chi connectivity index (χ0n) is 21.2. The normalized spacial score (nSPS) is 15.9. The number of aromatic nitrogens is 5. The van der Waals surface area contributed by atoms with Gasteiger partial charge in [-0.1, -0.05) is 18.2 Å². The van der Waals surface area contributed by atoms with Gasteiger partial charge in [-0.25, -0.2) is 23.7 Å². The number of nitrogens with zero attached hydrogens (tertiary/aromatic N) is 5. The summed E-state index contributed by atoms with van der Waals surface area (Å²) in [4.78, 5) is 17.9. The smallest absolute Gasteiger partial charge is 0.202 e. The predicted molar refractivity (Wildman–Crippen MR) is 145 cm³/mol. The molecule has 1 unspecified atom stereocenters. The SMILES string of the molecule is CC1(C)CS(=O)c2nc3c(NCCc4ccc(O)c(-c5cccc(F)c5)c4)nc(-c4cncc(F)c4)nc3n21. The summed E-state index contributed by atoms with van der Waals surface area (Å²) in [5.74, 6) is 0.290. The van der Waals surface area contributed by atoms with Crippen LogP contribution in [0, 0.1) is 11.6 Å². The van der Waals surface area contributed by atoms with E-state index in [1.54, 1.807) is 24.3 Å². The molecule has 0 radical (unpaired) electrons. The van der Waals surface area contributed by atoms with Crippen molar-refractivity contribution in [3.8, 4) is 28.3 Å². The number of benzene rings is 2. The van der Waals surface area contributed by atoms with E-state index in [1.807, 2.05) is 24.5 Å². The number of aromatic hydroxyl groups is 1. The number of phenols is 1. The highest BCUT2D eigenvalue weighted by atomic mass is 32.2. The lowest BCUT2D eigenvalue weighted by Gasteiger charge is -2.20. The van der Waals surface area contributed by atoms with Gasteiger partial charge in [0.1, 0.15) is 17.4 Å². The fourth-order valence-corrected chi connectivity index (χ4v) is 6.45. The largest absolute Gasteiger partial charge is 0.507 e. The molecule has 4 heterocycles. The molecule has 198 valence electrons. The van der Waals surface area contributed by atoms with Gasteiger partial charge in [-0.05, 0) is 61.7 Å². The number of phenolic OH excluding ortho intramolecular Hbond substituents is 1. The molecule has 0 fully saturated rings. The number of hydrogen-bond acceptors (Lipinski definition) is 7. The lowest BCUT2D eigenvalue weighted by Crippen LogP contribution is -2.25. The number of anilines is 1. The van der Waals surface area contributed by atoms with Gasteiger partial charge in [-0.3, -0.25) is 13.8 Å². The van der Waals surface area contributed by atoms with Crippen molar-refractivity contribution in [2.45, 2.75) is 31.0 Å². The van der Waals surface area contributed by atoms with Crippen LogP contribution >= 0.6 is 0 Å². The molecule has 1 aliphatic rings. The van der Waals surface area contributed by atoms with Crippen LogP contribution in [0.3, 0.4) is 0 Å². The van der Waals surface area contributed by atoms with Gasteiger partial charge in [-0.15, -0.1) is 0 Å². The summed E-state index contributed by atoms with van der Waals surface area (Å²) in [5.41, 5.74) is 2.95. The molecule has 1 aliphatic heterocycles. The Labute approximate surface area is 225 Å². The highest BCUT2D eigenvalue weighted by Crippen LogP contribution is 2.36. The number of rotatable bonds is 6. The highest BCUT2D eigenvalue weighted by molar-refractivity contribution is 7.85. The van der Waals surface area contributed by atoms with Gasteiger partial charge >= 0.3 is 0 Å². The number of imidazole rings is 1. The molecule has 5 aromatic rings. The number of fused-ring (bicyclic) bond motifs is 3. The van der Waals surface area contributed by atoms with E-state index < -0.39 is 22.2 Å². The standard InChI is InChI=1S/C28H24F2N6O2S/c1-28(2)15-39(38)27-33-23-25(34-24(35-26(23)36(27)28)18-12-20(30)14-31-13-18)32-9-8-16-6-7-22(37)21(10-16)17-4-3-5-19(29)11-17/h3-7,10-14,37H,8-9,15H2,1-2H3,(H,32,34,35). The van der Waals surface area contributed by atoms with E-state index in [1.165, 1.54) is 24.4 Å². The number of pyridine rings is 1. The van der Waals surface area contributed by atoms with Gasteiger partial charge in [0.25, 0.3) is 0 Å². The highest BCUT2D eigenvalue weighted by Gasteiger charge is 2.39. The third kappa shape index (κ3) is 4.63. The molecule has 1 atom stereocenters. The van der Waals surface area contributed by atoms with E-state index in [0.29, 0.717) is 57.5 Å². The fraction of sp³-hybridized carbons (Fsp3) is 0.214. The second-order valence-corrected chi connectivity index (χ2v) is 11.4. The number of hydrogen-bond donors (Lipinski definition) is 2. The molecule has 0 amide bonds. The van der Waals surface area contributed by atoms with Gasteiger partial charge in [0.2, 0.25) is 5.16 Å². The molecule has 0 bridgehead atoms. The summed E-state index contributed by atoms with van der Waals surface area (Å²) in [5, 5.41) is 14.1. The maximum absolute atomic E-state index is 14.0. The summed E-state index contributed by atoms with van der Waals surface area (Å²) in [6.07, 6.45) is 3.15. The Kier molecular flexibility index (Phi) is 6.10. The summed E-state index contributed by atoms with van der Waals surface area (Å²) in [6.45, 7) is 4.39. The Morgan fingerprint density at radius 3 is 2.64 bits per heavy atom. The quantitative estimate of drug-likeness (QED) is 0.307. The average Bonchev–Trinajstić information content (AvgIpc) is 3.40. The molecule has 8 nitrogen and oxygen atoms in total. The second kappa shape index (κ2) is 9.49. The molecular weight excluding hydrogens is 522 g/mol. The molecule has 0 aliphatic carbocycles. The van der Waals surface area contributed by atoms with Crippen molar-refractivity contribution in [3.05, 3.63) is 78.1 Å². The molecule has 6 rings (SSSR count). The summed E-state index contributed by atoms with van der Waals surface area (Å²) in [6, 6.07) is 12.6. The first-order valence-electron chi connectivity index (χ1n) is 12.3. The van der Waals surface area contributed by atoms with Crippen LogP contribution in [-0.4, -0.2) is 46.1 Å². The molecule has 11 heteroatoms. The van der Waals surface area contributed by atoms with E-state index in [2.05, 4.69) is 25.3 Å². The van der Waals surface area contributed by atoms with Crippen molar-refractivity contribution in [2.75, 3.05) is 17.6 Å². The molecule has 0 spiro atoms. The first kappa shape index (κ1) is 25.1. The summed E-state index contributed by atoms with van der Waals surface area (Å²) in [7, 11) is -1.29. The Hall–Kier alpha value is -4.25. The van der Waals surface area contributed by atoms with Gasteiger partial charge in [0.05, 0.1) is 28.3 Å². The Morgan fingerprint density at radius 2 is 1.85 bits per heavy atom. The van der Waals surface area contributed by atoms with Crippen molar-refractivity contribution in [1.29, 1.82) is 0 Å². The van der Waals surface area contributed by atoms with Crippen LogP contribution in [0.1, 0.15) is 19.4 Å². The van der Waals surface area contributed by atoms with Crippen LogP contribution in [0.25, 0.3) is 33.7 Å². The molecular formula is C28H24F2N6O2S. The van der Waals surface area contributed by atoms with Gasteiger partial charge in [-0.2, -0.15) is 0 Å². The van der Waals surface area contributed by atoms with Gasteiger partial charge in [0, 0.05) is 23.9 Å². The van der Waals surface area contributed by atoms with E-state index in [-0.39, 0.29) is 17.4 Å². The van der Waals surface area contributed by atoms with E-state index in [4.69, 9.17) is 0 Å². The maximum atomic E-state index is 14.0. The average molecular weight is 547 g/mol. The van der Waals surface area contributed by atoms with Gasteiger partial charge < -0.3 is 10.4 Å². The molecule has 0 saturated carbocycles. The third-order valence-corrected chi connectivity index (χ3v) is 8.28. The van der Waals surface area contributed by atoms with Crippen molar-refractivity contribution < 1.29 is 18.1 Å². The first-order chi connectivity index (χ1) is 18.7. The number of nitrogens with one attached hydrogen (secondary N) is 1. The summed E-state index contributed by atoms with van der Waals surface area (Å²) >= 11 is 0. The molecule has 39 heavy (non-hydrogen) atoms. The number of halogens is 2. The Bertz CT molecular complexity index is 1770. The van der Waals surface area contributed by atoms with Crippen molar-refractivity contribution in [3.63, 3.8) is 0 Å². The topological polar surface area (TPSA) is 106 Å². The minimum absolute atomic E-state index is 0.0614.